The molecule has 7 heteroatoms. The van der Waals surface area contributed by atoms with Gasteiger partial charge in [-0.05, 0) is 31.5 Å². The molecule has 2 rings (SSSR count). The third kappa shape index (κ3) is 5.37. The summed E-state index contributed by atoms with van der Waals surface area (Å²) in [5.41, 5.74) is 1.07. The van der Waals surface area contributed by atoms with E-state index in [-0.39, 0.29) is 0 Å². The van der Waals surface area contributed by atoms with Crippen LogP contribution < -0.4 is 10.6 Å². The Balaban J connectivity index is 1.86. The lowest BCUT2D eigenvalue weighted by atomic mass is 10.2. The topological polar surface area (TPSA) is 75.3 Å². The van der Waals surface area contributed by atoms with Crippen LogP contribution in [0.25, 0.3) is 0 Å². The molecule has 0 radical (unpaired) electrons. The first-order valence-corrected chi connectivity index (χ1v) is 7.61. The van der Waals surface area contributed by atoms with Gasteiger partial charge in [-0.1, -0.05) is 28.9 Å². The van der Waals surface area contributed by atoms with Gasteiger partial charge in [-0.15, -0.1) is 0 Å². The first-order chi connectivity index (χ1) is 10.7. The number of aromatic nitrogens is 2. The van der Waals surface area contributed by atoms with Crippen LogP contribution in [0.1, 0.15) is 24.2 Å². The minimum absolute atomic E-state index is 0.565. The molecule has 0 aliphatic heterocycles. The molecule has 22 heavy (non-hydrogen) atoms. The molecule has 0 spiro atoms. The van der Waals surface area contributed by atoms with Gasteiger partial charge in [-0.3, -0.25) is 0 Å². The number of halogens is 1. The van der Waals surface area contributed by atoms with Crippen molar-refractivity contribution in [2.45, 2.75) is 26.8 Å². The molecule has 0 bridgehead atoms. The van der Waals surface area contributed by atoms with Crippen molar-refractivity contribution in [3.8, 4) is 0 Å². The van der Waals surface area contributed by atoms with E-state index in [1.165, 1.54) is 0 Å². The molecule has 6 nitrogen and oxygen atoms in total. The molecule has 0 amide bonds. The van der Waals surface area contributed by atoms with Crippen molar-refractivity contribution in [3.05, 3.63) is 46.6 Å². The van der Waals surface area contributed by atoms with Gasteiger partial charge in [-0.25, -0.2) is 4.99 Å². The van der Waals surface area contributed by atoms with E-state index < -0.39 is 0 Å². The van der Waals surface area contributed by atoms with Gasteiger partial charge in [0.2, 0.25) is 5.89 Å². The monoisotopic (exact) mass is 321 g/mol. The zero-order valence-corrected chi connectivity index (χ0v) is 13.5. The van der Waals surface area contributed by atoms with Crippen molar-refractivity contribution in [3.63, 3.8) is 0 Å². The molecule has 0 atom stereocenters. The molecule has 2 aromatic rings. The van der Waals surface area contributed by atoms with Gasteiger partial charge in [-0.2, -0.15) is 4.98 Å². The van der Waals surface area contributed by atoms with E-state index in [9.17, 15) is 0 Å². The lowest BCUT2D eigenvalue weighted by molar-refractivity contribution is 0.374. The average Bonchev–Trinajstić information content (AvgIpc) is 2.90. The highest BCUT2D eigenvalue weighted by Crippen LogP contribution is 2.11. The number of aliphatic imine (C=N–C) groups is 1. The number of nitrogens with one attached hydrogen (secondary N) is 2. The van der Waals surface area contributed by atoms with Gasteiger partial charge in [0.15, 0.2) is 11.8 Å². The fourth-order valence-electron chi connectivity index (χ4n) is 1.88. The fourth-order valence-corrected chi connectivity index (χ4v) is 2.09. The molecule has 0 fully saturated rings. The van der Waals surface area contributed by atoms with Crippen LogP contribution in [0.15, 0.2) is 33.8 Å². The van der Waals surface area contributed by atoms with Crippen LogP contribution >= 0.6 is 11.6 Å². The summed E-state index contributed by atoms with van der Waals surface area (Å²) in [4.78, 5) is 8.69. The molecule has 0 saturated carbocycles. The molecule has 1 aromatic heterocycles. The summed E-state index contributed by atoms with van der Waals surface area (Å²) < 4.78 is 5.07. The van der Waals surface area contributed by atoms with E-state index in [1.54, 1.807) is 6.92 Å². The summed E-state index contributed by atoms with van der Waals surface area (Å²) >= 11 is 5.97. The van der Waals surface area contributed by atoms with E-state index in [1.807, 2.05) is 31.2 Å². The zero-order valence-electron chi connectivity index (χ0n) is 12.8. The van der Waals surface area contributed by atoms with E-state index in [2.05, 4.69) is 25.8 Å². The standard InChI is InChI=1S/C15H20ClN5O/c1-3-17-15(18-8-7-14-20-11(2)21-22-14)19-10-12-5-4-6-13(16)9-12/h4-6,9H,3,7-8,10H2,1-2H3,(H2,17,18,19). The Morgan fingerprint density at radius 1 is 1.36 bits per heavy atom. The van der Waals surface area contributed by atoms with Crippen molar-refractivity contribution in [2.75, 3.05) is 13.1 Å². The number of nitrogens with zero attached hydrogens (tertiary/aromatic N) is 3. The van der Waals surface area contributed by atoms with Gasteiger partial charge in [0.25, 0.3) is 0 Å². The second-order valence-electron chi connectivity index (χ2n) is 4.74. The van der Waals surface area contributed by atoms with E-state index in [0.717, 1.165) is 23.1 Å². The van der Waals surface area contributed by atoms with Gasteiger partial charge < -0.3 is 15.2 Å². The van der Waals surface area contributed by atoms with Gasteiger partial charge in [0, 0.05) is 24.5 Å². The molecular formula is C15H20ClN5O. The van der Waals surface area contributed by atoms with E-state index >= 15 is 0 Å². The minimum atomic E-state index is 0.565. The summed E-state index contributed by atoms with van der Waals surface area (Å²) in [6.07, 6.45) is 0.655. The summed E-state index contributed by atoms with van der Waals surface area (Å²) in [6.45, 7) is 5.86. The predicted octanol–water partition coefficient (Wildman–Crippen LogP) is 2.33. The second-order valence-corrected chi connectivity index (χ2v) is 5.17. The molecule has 0 aliphatic carbocycles. The Kier molecular flexibility index (Phi) is 6.21. The fraction of sp³-hybridized carbons (Fsp3) is 0.400. The van der Waals surface area contributed by atoms with Crippen molar-refractivity contribution < 1.29 is 4.52 Å². The highest BCUT2D eigenvalue weighted by atomic mass is 35.5. The van der Waals surface area contributed by atoms with Crippen molar-refractivity contribution in [1.29, 1.82) is 0 Å². The van der Waals surface area contributed by atoms with Crippen molar-refractivity contribution >= 4 is 17.6 Å². The highest BCUT2D eigenvalue weighted by Gasteiger charge is 2.03. The van der Waals surface area contributed by atoms with Crippen LogP contribution in [-0.2, 0) is 13.0 Å². The van der Waals surface area contributed by atoms with Gasteiger partial charge in [0.05, 0.1) is 6.54 Å². The number of benzene rings is 1. The first kappa shape index (κ1) is 16.3. The van der Waals surface area contributed by atoms with E-state index in [4.69, 9.17) is 16.1 Å². The highest BCUT2D eigenvalue weighted by molar-refractivity contribution is 6.30. The zero-order chi connectivity index (χ0) is 15.8. The van der Waals surface area contributed by atoms with Crippen LogP contribution in [-0.4, -0.2) is 29.2 Å². The smallest absolute Gasteiger partial charge is 0.228 e. The lowest BCUT2D eigenvalue weighted by Crippen LogP contribution is -2.38. The third-order valence-electron chi connectivity index (χ3n) is 2.85. The number of guanidine groups is 1. The Bertz CT molecular complexity index is 626. The minimum Gasteiger partial charge on any atom is -0.357 e. The number of aryl methyl sites for hydroxylation is 1. The number of hydrogen-bond acceptors (Lipinski definition) is 4. The van der Waals surface area contributed by atoms with Gasteiger partial charge in [0.1, 0.15) is 0 Å². The largest absolute Gasteiger partial charge is 0.357 e. The summed E-state index contributed by atoms with van der Waals surface area (Å²) in [7, 11) is 0. The molecule has 0 unspecified atom stereocenters. The van der Waals surface area contributed by atoms with E-state index in [0.29, 0.717) is 31.2 Å². The van der Waals surface area contributed by atoms with Crippen LogP contribution in [0.5, 0.6) is 0 Å². The molecule has 0 saturated heterocycles. The van der Waals surface area contributed by atoms with Crippen molar-refractivity contribution in [1.82, 2.24) is 20.8 Å². The van der Waals surface area contributed by atoms with Crippen LogP contribution in [0, 0.1) is 6.92 Å². The molecule has 1 aromatic carbocycles. The Labute approximate surface area is 135 Å². The lowest BCUT2D eigenvalue weighted by Gasteiger charge is -2.10. The Hall–Kier alpha value is -2.08. The number of rotatable bonds is 6. The first-order valence-electron chi connectivity index (χ1n) is 7.23. The van der Waals surface area contributed by atoms with Crippen molar-refractivity contribution in [2.24, 2.45) is 4.99 Å². The van der Waals surface area contributed by atoms with Gasteiger partial charge >= 0.3 is 0 Å². The third-order valence-corrected chi connectivity index (χ3v) is 3.09. The Morgan fingerprint density at radius 3 is 2.91 bits per heavy atom. The predicted molar refractivity (Wildman–Crippen MR) is 87.0 cm³/mol. The second kappa shape index (κ2) is 8.38. The SMILES string of the molecule is CCNC(=NCc1cccc(Cl)c1)NCCc1nc(C)no1. The average molecular weight is 322 g/mol. The molecule has 118 valence electrons. The van der Waals surface area contributed by atoms with Crippen LogP contribution in [0.3, 0.4) is 0 Å². The maximum absolute atomic E-state index is 5.97. The number of hydrogen-bond donors (Lipinski definition) is 2. The summed E-state index contributed by atoms with van der Waals surface area (Å²) in [5.74, 6) is 2.02. The normalized spacial score (nSPS) is 11.5. The molecule has 2 N–H and O–H groups in total. The molecular weight excluding hydrogens is 302 g/mol. The Morgan fingerprint density at radius 2 is 2.23 bits per heavy atom. The molecule has 0 aliphatic rings. The summed E-state index contributed by atoms with van der Waals surface area (Å²) in [6, 6.07) is 7.69. The summed E-state index contributed by atoms with van der Waals surface area (Å²) in [5, 5.41) is 10.9. The molecule has 1 heterocycles. The van der Waals surface area contributed by atoms with Crippen LogP contribution in [0.2, 0.25) is 5.02 Å². The maximum Gasteiger partial charge on any atom is 0.228 e. The quantitative estimate of drug-likeness (QED) is 0.631. The van der Waals surface area contributed by atoms with Crippen LogP contribution in [0.4, 0.5) is 0 Å². The maximum atomic E-state index is 5.97.